The summed E-state index contributed by atoms with van der Waals surface area (Å²) in [6.07, 6.45) is 1.78. The molecule has 0 heterocycles. The van der Waals surface area contributed by atoms with E-state index < -0.39 is 0 Å². The standard InChI is InChI=1S/C14H22N2O2/c1-4-6-11(10-15)14(17)16(2)12-7-5-8-13(9-12)18-3/h5,7-9,11H,4,6,10,15H2,1-3H3. The van der Waals surface area contributed by atoms with Gasteiger partial charge in [0.15, 0.2) is 0 Å². The van der Waals surface area contributed by atoms with Crippen molar-refractivity contribution >= 4 is 11.6 Å². The molecule has 0 aliphatic heterocycles. The van der Waals surface area contributed by atoms with Crippen molar-refractivity contribution in [3.63, 3.8) is 0 Å². The van der Waals surface area contributed by atoms with Crippen molar-refractivity contribution in [2.45, 2.75) is 19.8 Å². The van der Waals surface area contributed by atoms with E-state index in [0.717, 1.165) is 24.3 Å². The maximum absolute atomic E-state index is 12.3. The molecule has 0 fully saturated rings. The summed E-state index contributed by atoms with van der Waals surface area (Å²) in [7, 11) is 3.39. The van der Waals surface area contributed by atoms with Gasteiger partial charge in [-0.15, -0.1) is 0 Å². The van der Waals surface area contributed by atoms with Gasteiger partial charge in [0.2, 0.25) is 5.91 Å². The molecular weight excluding hydrogens is 228 g/mol. The van der Waals surface area contributed by atoms with Gasteiger partial charge in [-0.25, -0.2) is 0 Å². The predicted octanol–water partition coefficient (Wildman–Crippen LogP) is 2.03. The number of hydrogen-bond donors (Lipinski definition) is 1. The third kappa shape index (κ3) is 3.47. The molecule has 0 saturated carbocycles. The first kappa shape index (κ1) is 14.5. The minimum absolute atomic E-state index is 0.0626. The van der Waals surface area contributed by atoms with Gasteiger partial charge in [-0.05, 0) is 18.6 Å². The lowest BCUT2D eigenvalue weighted by molar-refractivity contribution is -0.122. The van der Waals surface area contributed by atoms with Gasteiger partial charge < -0.3 is 15.4 Å². The van der Waals surface area contributed by atoms with Gasteiger partial charge in [-0.3, -0.25) is 4.79 Å². The van der Waals surface area contributed by atoms with E-state index in [1.165, 1.54) is 0 Å². The topological polar surface area (TPSA) is 55.6 Å². The Morgan fingerprint density at radius 1 is 1.50 bits per heavy atom. The van der Waals surface area contributed by atoms with E-state index in [4.69, 9.17) is 10.5 Å². The van der Waals surface area contributed by atoms with Crippen molar-refractivity contribution in [3.05, 3.63) is 24.3 Å². The third-order valence-electron chi connectivity index (χ3n) is 3.04. The second-order valence-corrected chi connectivity index (χ2v) is 4.32. The van der Waals surface area contributed by atoms with Gasteiger partial charge in [0.1, 0.15) is 5.75 Å². The van der Waals surface area contributed by atoms with Crippen LogP contribution in [0, 0.1) is 5.92 Å². The van der Waals surface area contributed by atoms with Gasteiger partial charge in [0.05, 0.1) is 13.0 Å². The van der Waals surface area contributed by atoms with Crippen molar-refractivity contribution in [3.8, 4) is 5.75 Å². The molecule has 4 nitrogen and oxygen atoms in total. The molecule has 100 valence electrons. The fourth-order valence-corrected chi connectivity index (χ4v) is 1.91. The Labute approximate surface area is 109 Å². The van der Waals surface area contributed by atoms with E-state index >= 15 is 0 Å². The Hall–Kier alpha value is -1.55. The second-order valence-electron chi connectivity index (χ2n) is 4.32. The van der Waals surface area contributed by atoms with Crippen molar-refractivity contribution in [1.29, 1.82) is 0 Å². The van der Waals surface area contributed by atoms with E-state index in [9.17, 15) is 4.79 Å². The van der Waals surface area contributed by atoms with Crippen LogP contribution in [0.15, 0.2) is 24.3 Å². The molecule has 1 rings (SSSR count). The Bertz CT molecular complexity index is 393. The molecule has 0 bridgehead atoms. The number of hydrogen-bond acceptors (Lipinski definition) is 3. The largest absolute Gasteiger partial charge is 0.497 e. The van der Waals surface area contributed by atoms with Crippen molar-refractivity contribution in [1.82, 2.24) is 0 Å². The number of nitrogens with zero attached hydrogens (tertiary/aromatic N) is 1. The van der Waals surface area contributed by atoms with Gasteiger partial charge in [0.25, 0.3) is 0 Å². The first-order chi connectivity index (χ1) is 8.63. The number of rotatable bonds is 6. The fraction of sp³-hybridized carbons (Fsp3) is 0.500. The lowest BCUT2D eigenvalue weighted by Crippen LogP contribution is -2.36. The first-order valence-electron chi connectivity index (χ1n) is 6.25. The maximum Gasteiger partial charge on any atom is 0.231 e. The van der Waals surface area contributed by atoms with Gasteiger partial charge in [-0.1, -0.05) is 19.4 Å². The van der Waals surface area contributed by atoms with E-state index in [1.807, 2.05) is 24.3 Å². The molecule has 0 spiro atoms. The molecule has 1 amide bonds. The number of methoxy groups -OCH3 is 1. The van der Waals surface area contributed by atoms with Crippen LogP contribution in [-0.4, -0.2) is 26.6 Å². The zero-order valence-corrected chi connectivity index (χ0v) is 11.3. The van der Waals surface area contributed by atoms with E-state index in [2.05, 4.69) is 6.92 Å². The number of ether oxygens (including phenoxy) is 1. The van der Waals surface area contributed by atoms with Crippen LogP contribution in [0.3, 0.4) is 0 Å². The number of carbonyl (C=O) groups excluding carboxylic acids is 1. The summed E-state index contributed by atoms with van der Waals surface area (Å²) in [5, 5.41) is 0. The molecule has 4 heteroatoms. The van der Waals surface area contributed by atoms with E-state index in [1.54, 1.807) is 19.1 Å². The highest BCUT2D eigenvalue weighted by molar-refractivity contribution is 5.94. The minimum atomic E-state index is -0.105. The molecule has 1 unspecified atom stereocenters. The smallest absolute Gasteiger partial charge is 0.231 e. The summed E-state index contributed by atoms with van der Waals surface area (Å²) in [4.78, 5) is 13.9. The molecule has 18 heavy (non-hydrogen) atoms. The molecule has 0 radical (unpaired) electrons. The highest BCUT2D eigenvalue weighted by Gasteiger charge is 2.20. The lowest BCUT2D eigenvalue weighted by atomic mass is 10.0. The third-order valence-corrected chi connectivity index (χ3v) is 3.04. The lowest BCUT2D eigenvalue weighted by Gasteiger charge is -2.23. The Morgan fingerprint density at radius 3 is 2.78 bits per heavy atom. The van der Waals surface area contributed by atoms with Crippen LogP contribution in [0.5, 0.6) is 5.75 Å². The molecule has 0 saturated heterocycles. The fourth-order valence-electron chi connectivity index (χ4n) is 1.91. The zero-order chi connectivity index (χ0) is 13.5. The van der Waals surface area contributed by atoms with E-state index in [0.29, 0.717) is 6.54 Å². The summed E-state index contributed by atoms with van der Waals surface area (Å²) in [5.74, 6) is 0.700. The van der Waals surface area contributed by atoms with Crippen LogP contribution in [0.4, 0.5) is 5.69 Å². The molecule has 0 aliphatic carbocycles. The molecule has 1 aromatic carbocycles. The summed E-state index contributed by atoms with van der Waals surface area (Å²) < 4.78 is 5.16. The predicted molar refractivity (Wildman–Crippen MR) is 73.9 cm³/mol. The number of nitrogens with two attached hydrogens (primary N) is 1. The van der Waals surface area contributed by atoms with Crippen LogP contribution >= 0.6 is 0 Å². The van der Waals surface area contributed by atoms with Gasteiger partial charge >= 0.3 is 0 Å². The van der Waals surface area contributed by atoms with Crippen LogP contribution < -0.4 is 15.4 Å². The first-order valence-corrected chi connectivity index (χ1v) is 6.25. The molecule has 2 N–H and O–H groups in total. The summed E-state index contributed by atoms with van der Waals surface area (Å²) in [6, 6.07) is 7.46. The van der Waals surface area contributed by atoms with Crippen LogP contribution in [0.25, 0.3) is 0 Å². The Balaban J connectivity index is 2.84. The Kier molecular flexibility index (Phi) is 5.65. The number of amides is 1. The van der Waals surface area contributed by atoms with Crippen molar-refractivity contribution in [2.75, 3.05) is 25.6 Å². The normalized spacial score (nSPS) is 12.0. The summed E-state index contributed by atoms with van der Waals surface area (Å²) >= 11 is 0. The molecule has 1 atom stereocenters. The zero-order valence-electron chi connectivity index (χ0n) is 11.3. The van der Waals surface area contributed by atoms with Crippen LogP contribution in [0.2, 0.25) is 0 Å². The number of carbonyl (C=O) groups is 1. The number of benzene rings is 1. The minimum Gasteiger partial charge on any atom is -0.497 e. The quantitative estimate of drug-likeness (QED) is 0.840. The SMILES string of the molecule is CCCC(CN)C(=O)N(C)c1cccc(OC)c1. The van der Waals surface area contributed by atoms with Gasteiger partial charge in [-0.2, -0.15) is 0 Å². The molecule has 0 aliphatic rings. The molecular formula is C14H22N2O2. The van der Waals surface area contributed by atoms with Crippen molar-refractivity contribution < 1.29 is 9.53 Å². The number of anilines is 1. The molecule has 1 aromatic rings. The van der Waals surface area contributed by atoms with Crippen molar-refractivity contribution in [2.24, 2.45) is 11.7 Å². The molecule has 0 aromatic heterocycles. The summed E-state index contributed by atoms with van der Waals surface area (Å²) in [6.45, 7) is 2.45. The highest BCUT2D eigenvalue weighted by Crippen LogP contribution is 2.22. The highest BCUT2D eigenvalue weighted by atomic mass is 16.5. The van der Waals surface area contributed by atoms with Crippen LogP contribution in [0.1, 0.15) is 19.8 Å². The Morgan fingerprint density at radius 2 is 2.22 bits per heavy atom. The second kappa shape index (κ2) is 7.01. The summed E-state index contributed by atoms with van der Waals surface area (Å²) in [5.41, 5.74) is 6.49. The average Bonchev–Trinajstić information content (AvgIpc) is 2.43. The monoisotopic (exact) mass is 250 g/mol. The maximum atomic E-state index is 12.3. The van der Waals surface area contributed by atoms with E-state index in [-0.39, 0.29) is 11.8 Å². The average molecular weight is 250 g/mol. The van der Waals surface area contributed by atoms with Crippen LogP contribution in [-0.2, 0) is 4.79 Å². The van der Waals surface area contributed by atoms with Gasteiger partial charge in [0, 0.05) is 25.3 Å².